The molecule has 3 nitrogen and oxygen atoms in total. The minimum atomic E-state index is -3.31. The first-order chi connectivity index (χ1) is 11.5. The summed E-state index contributed by atoms with van der Waals surface area (Å²) in [5, 5.41) is -0.579. The van der Waals surface area contributed by atoms with Gasteiger partial charge in [0.15, 0.2) is 0 Å². The topological polar surface area (TPSA) is 54.4 Å². The van der Waals surface area contributed by atoms with Gasteiger partial charge in [0.1, 0.15) is 7.14 Å². The predicted molar refractivity (Wildman–Crippen MR) is 116 cm³/mol. The fraction of sp³-hybridized carbons (Fsp3) is 0.714. The van der Waals surface area contributed by atoms with Gasteiger partial charge in [-0.3, -0.25) is 4.57 Å². The first kappa shape index (κ1) is 23.7. The molecule has 0 aliphatic heterocycles. The molecule has 1 rings (SSSR count). The van der Waals surface area contributed by atoms with Crippen molar-refractivity contribution < 1.29 is 14.0 Å². The maximum Gasteiger partial charge on any atom is 0.208 e. The quantitative estimate of drug-likeness (QED) is 0.555. The predicted octanol–water partition coefficient (Wildman–Crippen LogP) is 6.49. The van der Waals surface area contributed by atoms with E-state index in [0.29, 0.717) is 12.8 Å². The maximum atomic E-state index is 14.4. The highest BCUT2D eigenvalue weighted by molar-refractivity contribution is 7.74. The lowest BCUT2D eigenvalue weighted by Crippen LogP contribution is -2.37. The van der Waals surface area contributed by atoms with Crippen molar-refractivity contribution in [3.05, 3.63) is 30.3 Å². The SMILES string of the molecule is CC(CCC(C)(C)P(=O)(c1ccccc1)C(C)(C)C)P(=O)(O)C(C)(C)C. The fourth-order valence-corrected chi connectivity index (χ4v) is 9.97. The molecule has 0 radical (unpaired) electrons. The summed E-state index contributed by atoms with van der Waals surface area (Å²) in [6.45, 7) is 17.5. The Morgan fingerprint density at radius 2 is 1.35 bits per heavy atom. The lowest BCUT2D eigenvalue weighted by Gasteiger charge is -2.44. The molecule has 0 amide bonds. The van der Waals surface area contributed by atoms with Crippen LogP contribution in [0.2, 0.25) is 0 Å². The highest BCUT2D eigenvalue weighted by atomic mass is 31.2. The van der Waals surface area contributed by atoms with Gasteiger partial charge < -0.3 is 9.46 Å². The molecule has 5 heteroatoms. The lowest BCUT2D eigenvalue weighted by molar-refractivity contribution is 0.420. The van der Waals surface area contributed by atoms with Crippen LogP contribution in [0.3, 0.4) is 0 Å². The second kappa shape index (κ2) is 7.57. The Kier molecular flexibility index (Phi) is 6.90. The lowest BCUT2D eigenvalue weighted by atomic mass is 10.1. The third-order valence-corrected chi connectivity index (χ3v) is 13.9. The molecule has 0 fully saturated rings. The smallest absolute Gasteiger partial charge is 0.208 e. The van der Waals surface area contributed by atoms with Crippen molar-refractivity contribution >= 4 is 19.8 Å². The highest BCUT2D eigenvalue weighted by Gasteiger charge is 2.50. The maximum absolute atomic E-state index is 14.4. The molecule has 0 aliphatic rings. The van der Waals surface area contributed by atoms with Gasteiger partial charge in [0.05, 0.1) is 0 Å². The van der Waals surface area contributed by atoms with Gasteiger partial charge in [-0.15, -0.1) is 0 Å². The summed E-state index contributed by atoms with van der Waals surface area (Å²) in [7, 11) is -6.09. The molecule has 0 heterocycles. The van der Waals surface area contributed by atoms with Gasteiger partial charge in [0.25, 0.3) is 0 Å². The highest BCUT2D eigenvalue weighted by Crippen LogP contribution is 2.68. The minimum absolute atomic E-state index is 0.314. The van der Waals surface area contributed by atoms with Gasteiger partial charge in [0, 0.05) is 26.4 Å². The van der Waals surface area contributed by atoms with Crippen molar-refractivity contribution in [3.8, 4) is 0 Å². The zero-order valence-corrected chi connectivity index (χ0v) is 19.8. The van der Waals surface area contributed by atoms with Crippen LogP contribution in [0.4, 0.5) is 0 Å². The van der Waals surface area contributed by atoms with E-state index in [9.17, 15) is 14.0 Å². The fourth-order valence-electron chi connectivity index (χ4n) is 3.84. The Balaban J connectivity index is 3.21. The van der Waals surface area contributed by atoms with Crippen LogP contribution in [-0.4, -0.2) is 26.0 Å². The third-order valence-electron chi connectivity index (χ3n) is 5.65. The first-order valence-corrected chi connectivity index (χ1v) is 12.9. The Hall–Kier alpha value is -0.360. The zero-order valence-electron chi connectivity index (χ0n) is 18.0. The molecular weight excluding hydrogens is 362 g/mol. The van der Waals surface area contributed by atoms with Crippen LogP contribution in [0.1, 0.15) is 75.2 Å². The Labute approximate surface area is 160 Å². The summed E-state index contributed by atoms with van der Waals surface area (Å²) in [4.78, 5) is 10.6. The van der Waals surface area contributed by atoms with Crippen LogP contribution < -0.4 is 5.30 Å². The van der Waals surface area contributed by atoms with Gasteiger partial charge in [-0.1, -0.05) is 92.6 Å². The molecule has 0 bridgehead atoms. The molecule has 1 aromatic rings. The molecular formula is C21H38O3P2. The second-order valence-corrected chi connectivity index (χ2v) is 17.9. The van der Waals surface area contributed by atoms with Gasteiger partial charge in [0.2, 0.25) is 7.37 Å². The van der Waals surface area contributed by atoms with Crippen molar-refractivity contribution in [1.29, 1.82) is 0 Å². The van der Waals surface area contributed by atoms with Crippen molar-refractivity contribution in [2.45, 2.75) is 96.3 Å². The van der Waals surface area contributed by atoms with Gasteiger partial charge >= 0.3 is 0 Å². The molecule has 0 saturated carbocycles. The van der Waals surface area contributed by atoms with Gasteiger partial charge in [-0.2, -0.15) is 0 Å². The van der Waals surface area contributed by atoms with Crippen LogP contribution in [0, 0.1) is 0 Å². The number of benzene rings is 1. The van der Waals surface area contributed by atoms with Crippen molar-refractivity contribution in [3.63, 3.8) is 0 Å². The van der Waals surface area contributed by atoms with Crippen LogP contribution >= 0.6 is 14.5 Å². The van der Waals surface area contributed by atoms with Crippen LogP contribution in [0.25, 0.3) is 0 Å². The van der Waals surface area contributed by atoms with Crippen LogP contribution in [0.5, 0.6) is 0 Å². The number of hydrogen-bond acceptors (Lipinski definition) is 2. The molecule has 1 aromatic carbocycles. The van der Waals surface area contributed by atoms with Gasteiger partial charge in [-0.05, 0) is 12.8 Å². The zero-order chi connectivity index (χ0) is 20.6. The molecule has 0 spiro atoms. The van der Waals surface area contributed by atoms with E-state index in [-0.39, 0.29) is 10.8 Å². The Bertz CT molecular complexity index is 694. The van der Waals surface area contributed by atoms with E-state index in [2.05, 4.69) is 13.8 Å². The average molecular weight is 400 g/mol. The molecule has 3 unspecified atom stereocenters. The monoisotopic (exact) mass is 400 g/mol. The van der Waals surface area contributed by atoms with Crippen molar-refractivity contribution in [1.82, 2.24) is 0 Å². The normalized spacial score (nSPS) is 19.5. The number of rotatable bonds is 6. The standard InChI is InChI=1S/C21H38O3P2/c1-17(26(23,24)20(5,6)7)15-16-21(8,9)25(22,19(2,3)4)18-13-11-10-12-14-18/h10-14,17H,15-16H2,1-9H3,(H,23,24). The Morgan fingerprint density at radius 1 is 0.885 bits per heavy atom. The molecule has 0 saturated heterocycles. The van der Waals surface area contributed by atoms with E-state index in [1.165, 1.54) is 0 Å². The molecule has 0 aromatic heterocycles. The third kappa shape index (κ3) is 4.37. The van der Waals surface area contributed by atoms with E-state index in [1.807, 2.05) is 78.8 Å². The molecule has 150 valence electrons. The molecule has 26 heavy (non-hydrogen) atoms. The van der Waals surface area contributed by atoms with E-state index in [1.54, 1.807) is 0 Å². The van der Waals surface area contributed by atoms with E-state index in [0.717, 1.165) is 5.30 Å². The largest absolute Gasteiger partial charge is 0.344 e. The summed E-state index contributed by atoms with van der Waals surface area (Å²) in [6.07, 6.45) is 1.24. The van der Waals surface area contributed by atoms with E-state index >= 15 is 0 Å². The summed E-state index contributed by atoms with van der Waals surface area (Å²) in [6, 6.07) is 9.74. The van der Waals surface area contributed by atoms with E-state index in [4.69, 9.17) is 0 Å². The van der Waals surface area contributed by atoms with E-state index < -0.39 is 24.8 Å². The summed E-state index contributed by atoms with van der Waals surface area (Å²) < 4.78 is 27.2. The summed E-state index contributed by atoms with van der Waals surface area (Å²) >= 11 is 0. The Morgan fingerprint density at radius 3 is 1.73 bits per heavy atom. The molecule has 0 aliphatic carbocycles. The van der Waals surface area contributed by atoms with Crippen molar-refractivity contribution in [2.24, 2.45) is 0 Å². The van der Waals surface area contributed by atoms with Crippen LogP contribution in [-0.2, 0) is 9.13 Å². The first-order valence-electron chi connectivity index (χ1n) is 9.47. The van der Waals surface area contributed by atoms with Gasteiger partial charge in [-0.25, -0.2) is 0 Å². The number of hydrogen-bond donors (Lipinski definition) is 1. The van der Waals surface area contributed by atoms with Crippen LogP contribution in [0.15, 0.2) is 30.3 Å². The molecule has 3 atom stereocenters. The average Bonchev–Trinajstić information content (AvgIpc) is 2.50. The summed E-state index contributed by atoms with van der Waals surface area (Å²) in [5.74, 6) is 0. The summed E-state index contributed by atoms with van der Waals surface area (Å²) in [5.41, 5.74) is -0.314. The second-order valence-electron chi connectivity index (χ2n) is 10.1. The van der Waals surface area contributed by atoms with Crippen molar-refractivity contribution in [2.75, 3.05) is 0 Å². The molecule has 1 N–H and O–H groups in total. The minimum Gasteiger partial charge on any atom is -0.344 e.